The summed E-state index contributed by atoms with van der Waals surface area (Å²) in [6, 6.07) is 82.9. The van der Waals surface area contributed by atoms with Crippen molar-refractivity contribution in [1.29, 1.82) is 0 Å². The summed E-state index contributed by atoms with van der Waals surface area (Å²) in [5, 5.41) is 0. The molecule has 10 rings (SSSR count). The molecule has 0 aromatic heterocycles. The summed E-state index contributed by atoms with van der Waals surface area (Å²) >= 11 is 1.84. The normalized spacial score (nSPS) is 11.8. The molecule has 0 amide bonds. The molecular formula is C54H38N2S. The summed E-state index contributed by atoms with van der Waals surface area (Å²) in [4.78, 5) is 7.22. The summed E-state index contributed by atoms with van der Waals surface area (Å²) in [6.45, 7) is 0. The van der Waals surface area contributed by atoms with Crippen LogP contribution in [-0.4, -0.2) is 0 Å². The lowest BCUT2D eigenvalue weighted by atomic mass is 10.00. The van der Waals surface area contributed by atoms with Crippen molar-refractivity contribution in [3.8, 4) is 44.5 Å². The Hall–Kier alpha value is -7.07. The number of benzene rings is 9. The van der Waals surface area contributed by atoms with E-state index in [0.29, 0.717) is 0 Å². The van der Waals surface area contributed by atoms with E-state index in [-0.39, 0.29) is 0 Å². The van der Waals surface area contributed by atoms with E-state index in [1.54, 1.807) is 0 Å². The second kappa shape index (κ2) is 15.2. The van der Waals surface area contributed by atoms with Gasteiger partial charge >= 0.3 is 0 Å². The zero-order valence-electron chi connectivity index (χ0n) is 31.2. The fraction of sp³-hybridized carbons (Fsp3) is 0. The Morgan fingerprint density at radius 2 is 0.632 bits per heavy atom. The molecule has 0 N–H and O–H groups in total. The molecule has 0 unspecified atom stereocenters. The molecule has 57 heavy (non-hydrogen) atoms. The van der Waals surface area contributed by atoms with Crippen LogP contribution < -0.4 is 9.80 Å². The molecule has 2 nitrogen and oxygen atoms in total. The summed E-state index contributed by atoms with van der Waals surface area (Å²) in [7, 11) is 0. The van der Waals surface area contributed by atoms with Gasteiger partial charge in [0.25, 0.3) is 0 Å². The summed E-state index contributed by atoms with van der Waals surface area (Å²) in [6.07, 6.45) is 0. The van der Waals surface area contributed by atoms with Gasteiger partial charge in [-0.2, -0.15) is 0 Å². The lowest BCUT2D eigenvalue weighted by Crippen LogP contribution is -2.14. The standard InChI is InChI=1S/C54H38N2S/c1-4-12-39(13-5-1)41-20-22-42(23-21-41)44-26-33-49(34-27-44)55(48-31-24-43(25-32-48)40-14-6-2-7-15-40)50-35-28-45(29-36-50)46-30-37-52-54(38-46)57-53-19-11-10-18-51(53)56(52)47-16-8-3-9-17-47/h1-38H. The molecule has 270 valence electrons. The van der Waals surface area contributed by atoms with E-state index in [4.69, 9.17) is 0 Å². The van der Waals surface area contributed by atoms with Gasteiger partial charge in [-0.05, 0) is 117 Å². The SMILES string of the molecule is c1ccc(-c2ccc(-c3ccc(N(c4ccc(-c5ccccc5)cc4)c4ccc(-c5ccc6c(c5)Sc5ccccc5N6c5ccccc5)cc4)cc3)cc2)cc1. The van der Waals surface area contributed by atoms with Gasteiger partial charge in [0.2, 0.25) is 0 Å². The third-order valence-electron chi connectivity index (χ3n) is 10.7. The first kappa shape index (κ1) is 34.4. The Labute approximate surface area is 339 Å². The number of hydrogen-bond acceptors (Lipinski definition) is 3. The summed E-state index contributed by atoms with van der Waals surface area (Å²) in [5.74, 6) is 0. The molecule has 1 aliphatic heterocycles. The van der Waals surface area contributed by atoms with E-state index in [0.717, 1.165) is 22.7 Å². The fourth-order valence-electron chi connectivity index (χ4n) is 7.76. The molecule has 0 saturated heterocycles. The monoisotopic (exact) mass is 746 g/mol. The minimum absolute atomic E-state index is 1.10. The van der Waals surface area contributed by atoms with Crippen molar-refractivity contribution in [2.24, 2.45) is 0 Å². The average molecular weight is 747 g/mol. The molecule has 9 aromatic rings. The van der Waals surface area contributed by atoms with Crippen molar-refractivity contribution in [1.82, 2.24) is 0 Å². The first-order valence-corrected chi connectivity index (χ1v) is 20.1. The Kier molecular flexibility index (Phi) is 9.19. The van der Waals surface area contributed by atoms with Gasteiger partial charge < -0.3 is 9.80 Å². The van der Waals surface area contributed by atoms with Gasteiger partial charge in [-0.25, -0.2) is 0 Å². The molecule has 0 spiro atoms. The van der Waals surface area contributed by atoms with Crippen molar-refractivity contribution in [2.45, 2.75) is 9.79 Å². The second-order valence-electron chi connectivity index (χ2n) is 14.2. The first-order chi connectivity index (χ1) is 28.2. The van der Waals surface area contributed by atoms with Gasteiger partial charge in [-0.15, -0.1) is 0 Å². The van der Waals surface area contributed by atoms with Crippen molar-refractivity contribution in [2.75, 3.05) is 9.80 Å². The highest BCUT2D eigenvalue weighted by atomic mass is 32.2. The second-order valence-corrected chi connectivity index (χ2v) is 15.3. The Morgan fingerprint density at radius 3 is 1.12 bits per heavy atom. The molecule has 0 bridgehead atoms. The molecular weight excluding hydrogens is 709 g/mol. The van der Waals surface area contributed by atoms with Crippen LogP contribution in [-0.2, 0) is 0 Å². The zero-order chi connectivity index (χ0) is 38.0. The maximum Gasteiger partial charge on any atom is 0.0602 e. The quantitative estimate of drug-likeness (QED) is 0.153. The van der Waals surface area contributed by atoms with Crippen LogP contribution in [0.4, 0.5) is 34.1 Å². The molecule has 0 saturated carbocycles. The van der Waals surface area contributed by atoms with Crippen LogP contribution in [0.1, 0.15) is 0 Å². The van der Waals surface area contributed by atoms with Crippen molar-refractivity contribution in [3.63, 3.8) is 0 Å². The molecule has 9 aromatic carbocycles. The first-order valence-electron chi connectivity index (χ1n) is 19.3. The van der Waals surface area contributed by atoms with Crippen LogP contribution in [0.2, 0.25) is 0 Å². The third-order valence-corrected chi connectivity index (χ3v) is 11.8. The van der Waals surface area contributed by atoms with Crippen molar-refractivity contribution >= 4 is 45.9 Å². The van der Waals surface area contributed by atoms with Crippen molar-refractivity contribution in [3.05, 3.63) is 231 Å². The van der Waals surface area contributed by atoms with Crippen LogP contribution in [0.5, 0.6) is 0 Å². The van der Waals surface area contributed by atoms with Crippen LogP contribution in [0.25, 0.3) is 44.5 Å². The summed E-state index contributed by atoms with van der Waals surface area (Å²) < 4.78 is 0. The number of fused-ring (bicyclic) bond motifs is 2. The van der Waals surface area contributed by atoms with Crippen molar-refractivity contribution < 1.29 is 0 Å². The average Bonchev–Trinajstić information content (AvgIpc) is 3.30. The lowest BCUT2D eigenvalue weighted by molar-refractivity contribution is 1.17. The number of rotatable bonds is 8. The Balaban J connectivity index is 0.978. The molecule has 0 atom stereocenters. The fourth-order valence-corrected chi connectivity index (χ4v) is 8.86. The van der Waals surface area contributed by atoms with Gasteiger partial charge in [-0.3, -0.25) is 0 Å². The predicted molar refractivity (Wildman–Crippen MR) is 242 cm³/mol. The summed E-state index contributed by atoms with van der Waals surface area (Å²) in [5.41, 5.74) is 16.5. The van der Waals surface area contributed by atoms with Gasteiger partial charge in [0.05, 0.1) is 11.4 Å². The smallest absolute Gasteiger partial charge is 0.0602 e. The minimum atomic E-state index is 1.10. The largest absolute Gasteiger partial charge is 0.311 e. The topological polar surface area (TPSA) is 6.48 Å². The van der Waals surface area contributed by atoms with E-state index in [1.165, 1.54) is 65.7 Å². The third kappa shape index (κ3) is 6.90. The van der Waals surface area contributed by atoms with E-state index in [9.17, 15) is 0 Å². The van der Waals surface area contributed by atoms with Gasteiger partial charge in [0.1, 0.15) is 0 Å². The molecule has 0 aliphatic carbocycles. The molecule has 0 radical (unpaired) electrons. The highest BCUT2D eigenvalue weighted by Gasteiger charge is 2.25. The molecule has 0 fully saturated rings. The number of para-hydroxylation sites is 2. The van der Waals surface area contributed by atoms with Gasteiger partial charge in [0, 0.05) is 32.5 Å². The zero-order valence-corrected chi connectivity index (χ0v) is 32.1. The molecule has 1 aliphatic rings. The predicted octanol–water partition coefficient (Wildman–Crippen LogP) is 15.8. The van der Waals surface area contributed by atoms with Crippen LogP contribution in [0, 0.1) is 0 Å². The Bertz CT molecular complexity index is 2760. The number of anilines is 6. The van der Waals surface area contributed by atoms with E-state index >= 15 is 0 Å². The van der Waals surface area contributed by atoms with Gasteiger partial charge in [0.15, 0.2) is 0 Å². The molecule has 3 heteroatoms. The Morgan fingerprint density at radius 1 is 0.281 bits per heavy atom. The maximum atomic E-state index is 2.38. The van der Waals surface area contributed by atoms with Crippen LogP contribution in [0.15, 0.2) is 240 Å². The molecule has 1 heterocycles. The number of nitrogens with zero attached hydrogens (tertiary/aromatic N) is 2. The van der Waals surface area contributed by atoms with Gasteiger partial charge in [-0.1, -0.05) is 169 Å². The number of hydrogen-bond donors (Lipinski definition) is 0. The van der Waals surface area contributed by atoms with Crippen LogP contribution in [0.3, 0.4) is 0 Å². The highest BCUT2D eigenvalue weighted by Crippen LogP contribution is 2.52. The highest BCUT2D eigenvalue weighted by molar-refractivity contribution is 7.99. The van der Waals surface area contributed by atoms with E-state index < -0.39 is 0 Å². The van der Waals surface area contributed by atoms with E-state index in [2.05, 4.69) is 240 Å². The lowest BCUT2D eigenvalue weighted by Gasteiger charge is -2.33. The van der Waals surface area contributed by atoms with E-state index in [1.807, 2.05) is 11.8 Å². The minimum Gasteiger partial charge on any atom is -0.311 e. The maximum absolute atomic E-state index is 2.38. The van der Waals surface area contributed by atoms with Crippen LogP contribution >= 0.6 is 11.8 Å².